The van der Waals surface area contributed by atoms with Crippen molar-refractivity contribution >= 4 is 11.3 Å². The molecular weight excluding hydrogens is 206 g/mol. The third kappa shape index (κ3) is 2.77. The van der Waals surface area contributed by atoms with E-state index in [1.165, 1.54) is 12.8 Å². The predicted octanol–water partition coefficient (Wildman–Crippen LogP) is 2.24. The van der Waals surface area contributed by atoms with E-state index < -0.39 is 0 Å². The molecule has 1 aliphatic rings. The van der Waals surface area contributed by atoms with Crippen molar-refractivity contribution in [1.82, 2.24) is 10.3 Å². The molecular formula is C11H15N3S. The number of nitrogens with one attached hydrogen (secondary N) is 1. The van der Waals surface area contributed by atoms with Crippen LogP contribution >= 0.6 is 11.3 Å². The summed E-state index contributed by atoms with van der Waals surface area (Å²) < 4.78 is 0. The Labute approximate surface area is 94.1 Å². The van der Waals surface area contributed by atoms with E-state index in [0.717, 1.165) is 23.8 Å². The molecule has 0 radical (unpaired) electrons. The Morgan fingerprint density at radius 2 is 2.47 bits per heavy atom. The van der Waals surface area contributed by atoms with E-state index >= 15 is 0 Å². The average molecular weight is 221 g/mol. The second kappa shape index (κ2) is 4.30. The van der Waals surface area contributed by atoms with Gasteiger partial charge in [-0.15, -0.1) is 11.3 Å². The SMILES string of the molecule is Cc1csc(CNCC2(CC#N)CC2)n1. The fourth-order valence-corrected chi connectivity index (χ4v) is 2.42. The van der Waals surface area contributed by atoms with Crippen molar-refractivity contribution in [2.45, 2.75) is 32.7 Å². The van der Waals surface area contributed by atoms with Gasteiger partial charge >= 0.3 is 0 Å². The zero-order chi connectivity index (χ0) is 10.7. The smallest absolute Gasteiger partial charge is 0.107 e. The lowest BCUT2D eigenvalue weighted by molar-refractivity contribution is 0.466. The summed E-state index contributed by atoms with van der Waals surface area (Å²) in [4.78, 5) is 4.39. The molecule has 0 spiro atoms. The van der Waals surface area contributed by atoms with Crippen molar-refractivity contribution in [3.63, 3.8) is 0 Å². The molecule has 15 heavy (non-hydrogen) atoms. The topological polar surface area (TPSA) is 48.7 Å². The third-order valence-corrected chi connectivity index (χ3v) is 3.82. The first kappa shape index (κ1) is 10.6. The highest BCUT2D eigenvalue weighted by molar-refractivity contribution is 7.09. The molecule has 1 aromatic heterocycles. The standard InChI is InChI=1S/C11H15N3S/c1-9-7-15-10(14-9)6-13-8-11(2-3-11)4-5-12/h7,13H,2-4,6,8H2,1H3. The molecule has 0 saturated heterocycles. The number of aromatic nitrogens is 1. The van der Waals surface area contributed by atoms with Gasteiger partial charge in [-0.3, -0.25) is 0 Å². The van der Waals surface area contributed by atoms with Gasteiger partial charge in [0.05, 0.1) is 6.07 Å². The first-order valence-electron chi connectivity index (χ1n) is 5.23. The number of nitrogens with zero attached hydrogens (tertiary/aromatic N) is 2. The molecule has 1 N–H and O–H groups in total. The largest absolute Gasteiger partial charge is 0.310 e. The van der Waals surface area contributed by atoms with Gasteiger partial charge < -0.3 is 5.32 Å². The molecule has 0 unspecified atom stereocenters. The summed E-state index contributed by atoms with van der Waals surface area (Å²) in [5.41, 5.74) is 1.39. The summed E-state index contributed by atoms with van der Waals surface area (Å²) in [6.07, 6.45) is 3.09. The zero-order valence-electron chi connectivity index (χ0n) is 8.92. The highest BCUT2D eigenvalue weighted by Crippen LogP contribution is 2.47. The number of nitriles is 1. The Kier molecular flexibility index (Phi) is 3.03. The number of hydrogen-bond acceptors (Lipinski definition) is 4. The number of thiazole rings is 1. The van der Waals surface area contributed by atoms with E-state index in [2.05, 4.69) is 21.8 Å². The highest BCUT2D eigenvalue weighted by atomic mass is 32.1. The Morgan fingerprint density at radius 1 is 1.67 bits per heavy atom. The zero-order valence-corrected chi connectivity index (χ0v) is 9.73. The molecule has 1 aliphatic carbocycles. The molecule has 0 bridgehead atoms. The van der Waals surface area contributed by atoms with Crippen molar-refractivity contribution in [2.75, 3.05) is 6.54 Å². The molecule has 1 aromatic rings. The van der Waals surface area contributed by atoms with Gasteiger partial charge in [0.1, 0.15) is 5.01 Å². The normalized spacial score (nSPS) is 17.3. The Morgan fingerprint density at radius 3 is 3.00 bits per heavy atom. The van der Waals surface area contributed by atoms with Gasteiger partial charge in [0, 0.05) is 30.6 Å². The van der Waals surface area contributed by atoms with Crippen LogP contribution in [-0.2, 0) is 6.54 Å². The third-order valence-electron chi connectivity index (χ3n) is 2.85. The van der Waals surface area contributed by atoms with E-state index in [9.17, 15) is 0 Å². The first-order valence-corrected chi connectivity index (χ1v) is 6.11. The fraction of sp³-hybridized carbons (Fsp3) is 0.636. The molecule has 4 heteroatoms. The van der Waals surface area contributed by atoms with Crippen molar-refractivity contribution in [3.8, 4) is 6.07 Å². The maximum Gasteiger partial charge on any atom is 0.107 e. The van der Waals surface area contributed by atoms with Gasteiger partial charge in [-0.1, -0.05) is 0 Å². The van der Waals surface area contributed by atoms with Crippen LogP contribution < -0.4 is 5.32 Å². The van der Waals surface area contributed by atoms with E-state index in [1.807, 2.05) is 6.92 Å². The average Bonchev–Trinajstić information content (AvgIpc) is 2.83. The first-order chi connectivity index (χ1) is 7.24. The lowest BCUT2D eigenvalue weighted by Gasteiger charge is -2.10. The van der Waals surface area contributed by atoms with E-state index in [4.69, 9.17) is 5.26 Å². The second-order valence-corrected chi connectivity index (χ2v) is 5.26. The van der Waals surface area contributed by atoms with Gasteiger partial charge in [-0.05, 0) is 25.2 Å². The summed E-state index contributed by atoms with van der Waals surface area (Å²) in [6, 6.07) is 2.27. The lowest BCUT2D eigenvalue weighted by Crippen LogP contribution is -2.23. The van der Waals surface area contributed by atoms with Crippen molar-refractivity contribution in [3.05, 3.63) is 16.1 Å². The van der Waals surface area contributed by atoms with Crippen LogP contribution in [0.2, 0.25) is 0 Å². The number of rotatable bonds is 5. The molecule has 0 aliphatic heterocycles. The lowest BCUT2D eigenvalue weighted by atomic mass is 10.0. The van der Waals surface area contributed by atoms with Crippen LogP contribution in [0.1, 0.15) is 30.0 Å². The molecule has 0 aromatic carbocycles. The number of aryl methyl sites for hydroxylation is 1. The minimum atomic E-state index is 0.293. The quantitative estimate of drug-likeness (QED) is 0.829. The molecule has 3 nitrogen and oxygen atoms in total. The maximum absolute atomic E-state index is 8.67. The van der Waals surface area contributed by atoms with E-state index in [1.54, 1.807) is 11.3 Å². The van der Waals surface area contributed by atoms with Crippen molar-refractivity contribution in [1.29, 1.82) is 5.26 Å². The maximum atomic E-state index is 8.67. The van der Waals surface area contributed by atoms with Gasteiger partial charge in [0.25, 0.3) is 0 Å². The van der Waals surface area contributed by atoms with Crippen molar-refractivity contribution < 1.29 is 0 Å². The van der Waals surface area contributed by atoms with Gasteiger partial charge in [0.2, 0.25) is 0 Å². The molecule has 2 rings (SSSR count). The number of hydrogen-bond donors (Lipinski definition) is 1. The summed E-state index contributed by atoms with van der Waals surface area (Å²) in [6.45, 7) is 3.81. The van der Waals surface area contributed by atoms with Crippen LogP contribution in [0.15, 0.2) is 5.38 Å². The summed E-state index contributed by atoms with van der Waals surface area (Å²) in [5.74, 6) is 0. The highest BCUT2D eigenvalue weighted by Gasteiger charge is 2.41. The summed E-state index contributed by atoms with van der Waals surface area (Å²) in [5, 5.41) is 15.3. The Hall–Kier alpha value is -0.920. The van der Waals surface area contributed by atoms with Crippen molar-refractivity contribution in [2.24, 2.45) is 5.41 Å². The molecule has 1 heterocycles. The molecule has 0 amide bonds. The van der Waals surface area contributed by atoms with Gasteiger partial charge in [-0.2, -0.15) is 5.26 Å². The van der Waals surface area contributed by atoms with Crippen LogP contribution in [0.5, 0.6) is 0 Å². The molecule has 1 fully saturated rings. The molecule has 1 saturated carbocycles. The van der Waals surface area contributed by atoms with Crippen LogP contribution in [0.25, 0.3) is 0 Å². The minimum Gasteiger partial charge on any atom is -0.310 e. The minimum absolute atomic E-state index is 0.293. The Bertz CT molecular complexity index is 373. The monoisotopic (exact) mass is 221 g/mol. The molecule has 80 valence electrons. The van der Waals surface area contributed by atoms with E-state index in [0.29, 0.717) is 11.8 Å². The summed E-state index contributed by atoms with van der Waals surface area (Å²) in [7, 11) is 0. The Balaban J connectivity index is 1.74. The molecule has 0 atom stereocenters. The van der Waals surface area contributed by atoms with E-state index in [-0.39, 0.29) is 0 Å². The van der Waals surface area contributed by atoms with Gasteiger partial charge in [0.15, 0.2) is 0 Å². The summed E-state index contributed by atoms with van der Waals surface area (Å²) >= 11 is 1.70. The predicted molar refractivity (Wildman–Crippen MR) is 60.5 cm³/mol. The van der Waals surface area contributed by atoms with Gasteiger partial charge in [-0.25, -0.2) is 4.98 Å². The second-order valence-electron chi connectivity index (χ2n) is 4.32. The van der Waals surface area contributed by atoms with Crippen LogP contribution in [0, 0.1) is 23.7 Å². The van der Waals surface area contributed by atoms with Crippen LogP contribution in [0.4, 0.5) is 0 Å². The van der Waals surface area contributed by atoms with Crippen LogP contribution in [-0.4, -0.2) is 11.5 Å². The van der Waals surface area contributed by atoms with Crippen LogP contribution in [0.3, 0.4) is 0 Å². The fourth-order valence-electron chi connectivity index (χ4n) is 1.68.